The third-order valence-electron chi connectivity index (χ3n) is 3.31. The Morgan fingerprint density at radius 1 is 1.32 bits per heavy atom. The Labute approximate surface area is 129 Å². The lowest BCUT2D eigenvalue weighted by atomic mass is 10.00. The summed E-state index contributed by atoms with van der Waals surface area (Å²) in [7, 11) is 0. The van der Waals surface area contributed by atoms with Crippen LogP contribution in [0.5, 0.6) is 5.75 Å². The number of carbonyl (C=O) groups excluding carboxylic acids is 1. The summed E-state index contributed by atoms with van der Waals surface area (Å²) in [5.74, 6) is 0.556. The van der Waals surface area contributed by atoms with Crippen molar-refractivity contribution in [1.29, 1.82) is 0 Å². The van der Waals surface area contributed by atoms with Crippen molar-refractivity contribution in [3.63, 3.8) is 0 Å². The zero-order valence-electron chi connectivity index (χ0n) is 13.1. The summed E-state index contributed by atoms with van der Waals surface area (Å²) >= 11 is 0. The van der Waals surface area contributed by atoms with E-state index in [0.29, 0.717) is 17.9 Å². The predicted octanol–water partition coefficient (Wildman–Crippen LogP) is 2.82. The van der Waals surface area contributed by atoms with Crippen LogP contribution in [0.3, 0.4) is 0 Å². The van der Waals surface area contributed by atoms with Crippen molar-refractivity contribution in [2.24, 2.45) is 0 Å². The smallest absolute Gasteiger partial charge is 0.336 e. The van der Waals surface area contributed by atoms with Gasteiger partial charge in [-0.25, -0.2) is 4.79 Å². The summed E-state index contributed by atoms with van der Waals surface area (Å²) in [5, 5.41) is 3.62. The molecule has 0 spiro atoms. The summed E-state index contributed by atoms with van der Waals surface area (Å²) in [6.07, 6.45) is 0.880. The molecule has 2 rings (SSSR count). The normalized spacial score (nSPS) is 10.9. The van der Waals surface area contributed by atoms with Gasteiger partial charge in [-0.1, -0.05) is 20.8 Å². The zero-order valence-corrected chi connectivity index (χ0v) is 13.1. The maximum absolute atomic E-state index is 11.6. The van der Waals surface area contributed by atoms with E-state index in [1.807, 2.05) is 26.8 Å². The molecule has 0 fully saturated rings. The lowest BCUT2D eigenvalue weighted by molar-refractivity contribution is -0.123. The number of amides is 1. The van der Waals surface area contributed by atoms with E-state index in [2.05, 4.69) is 5.32 Å². The van der Waals surface area contributed by atoms with Crippen LogP contribution in [0.25, 0.3) is 11.0 Å². The Bertz CT molecular complexity index is 718. The molecule has 0 bridgehead atoms. The van der Waals surface area contributed by atoms with E-state index in [0.717, 1.165) is 17.4 Å². The van der Waals surface area contributed by atoms with Gasteiger partial charge in [0.15, 0.2) is 6.61 Å². The van der Waals surface area contributed by atoms with Crippen molar-refractivity contribution < 1.29 is 13.9 Å². The first-order chi connectivity index (χ1) is 10.5. The Hall–Kier alpha value is -2.30. The van der Waals surface area contributed by atoms with E-state index in [-0.39, 0.29) is 24.1 Å². The number of benzene rings is 1. The molecule has 22 heavy (non-hydrogen) atoms. The molecule has 0 aliphatic heterocycles. The largest absolute Gasteiger partial charge is 0.484 e. The molecule has 0 saturated carbocycles. The molecule has 0 atom stereocenters. The summed E-state index contributed by atoms with van der Waals surface area (Å²) in [6.45, 7) is 6.61. The fraction of sp³-hybridized carbons (Fsp3) is 0.412. The molecular weight excluding hydrogens is 282 g/mol. The molecule has 1 N–H and O–H groups in total. The van der Waals surface area contributed by atoms with Gasteiger partial charge in [-0.05, 0) is 30.0 Å². The summed E-state index contributed by atoms with van der Waals surface area (Å²) in [5.41, 5.74) is 1.04. The van der Waals surface area contributed by atoms with Gasteiger partial charge in [-0.2, -0.15) is 0 Å². The van der Waals surface area contributed by atoms with Gasteiger partial charge in [0, 0.05) is 24.1 Å². The second kappa shape index (κ2) is 7.11. The number of ether oxygens (including phenoxy) is 1. The van der Waals surface area contributed by atoms with Crippen LogP contribution in [-0.2, 0) is 4.79 Å². The second-order valence-electron chi connectivity index (χ2n) is 5.47. The molecule has 0 aliphatic rings. The first-order valence-corrected chi connectivity index (χ1v) is 7.48. The van der Waals surface area contributed by atoms with Crippen molar-refractivity contribution in [3.05, 3.63) is 40.2 Å². The second-order valence-corrected chi connectivity index (χ2v) is 5.47. The summed E-state index contributed by atoms with van der Waals surface area (Å²) in [6, 6.07) is 6.80. The first kappa shape index (κ1) is 16.1. The summed E-state index contributed by atoms with van der Waals surface area (Å²) in [4.78, 5) is 23.2. The van der Waals surface area contributed by atoms with Crippen molar-refractivity contribution in [2.45, 2.75) is 33.1 Å². The Balaban J connectivity index is 2.20. The number of hydrogen-bond donors (Lipinski definition) is 1. The fourth-order valence-corrected chi connectivity index (χ4v) is 2.20. The van der Waals surface area contributed by atoms with Gasteiger partial charge >= 0.3 is 5.63 Å². The molecule has 0 saturated heterocycles. The van der Waals surface area contributed by atoms with Crippen LogP contribution >= 0.6 is 0 Å². The molecule has 1 heterocycles. The van der Waals surface area contributed by atoms with Gasteiger partial charge in [0.2, 0.25) is 0 Å². The molecule has 0 radical (unpaired) electrons. The topological polar surface area (TPSA) is 68.5 Å². The Morgan fingerprint density at radius 3 is 2.77 bits per heavy atom. The molecular formula is C17H21NO4. The SMILES string of the molecule is CCCNC(=O)COc1ccc2c(C(C)C)cc(=O)oc2c1. The number of rotatable bonds is 6. The number of nitrogens with one attached hydrogen (secondary N) is 1. The number of fused-ring (bicyclic) bond motifs is 1. The highest BCUT2D eigenvalue weighted by Crippen LogP contribution is 2.26. The molecule has 1 aromatic carbocycles. The molecule has 0 unspecified atom stereocenters. The van der Waals surface area contributed by atoms with E-state index in [4.69, 9.17) is 9.15 Å². The Kier molecular flexibility index (Phi) is 5.20. The van der Waals surface area contributed by atoms with E-state index in [1.54, 1.807) is 12.1 Å². The molecule has 2 aromatic rings. The van der Waals surface area contributed by atoms with E-state index >= 15 is 0 Å². The van der Waals surface area contributed by atoms with Gasteiger partial charge in [0.1, 0.15) is 11.3 Å². The lowest BCUT2D eigenvalue weighted by Gasteiger charge is -2.10. The predicted molar refractivity (Wildman–Crippen MR) is 85.4 cm³/mol. The monoisotopic (exact) mass is 303 g/mol. The molecule has 1 aromatic heterocycles. The van der Waals surface area contributed by atoms with Crippen LogP contribution in [0.15, 0.2) is 33.5 Å². The highest BCUT2D eigenvalue weighted by atomic mass is 16.5. The van der Waals surface area contributed by atoms with Crippen molar-refractivity contribution >= 4 is 16.9 Å². The van der Waals surface area contributed by atoms with Crippen LogP contribution in [-0.4, -0.2) is 19.1 Å². The van der Waals surface area contributed by atoms with Gasteiger partial charge in [0.25, 0.3) is 5.91 Å². The standard InChI is InChI=1S/C17H21NO4/c1-4-7-18-16(19)10-21-12-5-6-13-14(11(2)3)9-17(20)22-15(13)8-12/h5-6,8-9,11H,4,7,10H2,1-3H3,(H,18,19). The highest BCUT2D eigenvalue weighted by molar-refractivity contribution is 5.82. The summed E-state index contributed by atoms with van der Waals surface area (Å²) < 4.78 is 10.7. The van der Waals surface area contributed by atoms with E-state index in [9.17, 15) is 9.59 Å². The molecule has 0 aliphatic carbocycles. The molecule has 1 amide bonds. The average Bonchev–Trinajstić information content (AvgIpc) is 2.49. The van der Waals surface area contributed by atoms with Crippen LogP contribution in [0, 0.1) is 0 Å². The molecule has 5 nitrogen and oxygen atoms in total. The quantitative estimate of drug-likeness (QED) is 0.833. The van der Waals surface area contributed by atoms with Crippen molar-refractivity contribution in [2.75, 3.05) is 13.2 Å². The fourth-order valence-electron chi connectivity index (χ4n) is 2.20. The van der Waals surface area contributed by atoms with Crippen LogP contribution in [0.1, 0.15) is 38.7 Å². The van der Waals surface area contributed by atoms with E-state index in [1.165, 1.54) is 6.07 Å². The van der Waals surface area contributed by atoms with Gasteiger partial charge in [-0.3, -0.25) is 4.79 Å². The first-order valence-electron chi connectivity index (χ1n) is 7.48. The maximum atomic E-state index is 11.6. The average molecular weight is 303 g/mol. The van der Waals surface area contributed by atoms with Gasteiger partial charge in [-0.15, -0.1) is 0 Å². The third-order valence-corrected chi connectivity index (χ3v) is 3.31. The zero-order chi connectivity index (χ0) is 16.1. The van der Waals surface area contributed by atoms with Crippen molar-refractivity contribution in [3.8, 4) is 5.75 Å². The molecule has 118 valence electrons. The third kappa shape index (κ3) is 3.87. The van der Waals surface area contributed by atoms with E-state index < -0.39 is 0 Å². The molecule has 5 heteroatoms. The van der Waals surface area contributed by atoms with Crippen LogP contribution < -0.4 is 15.7 Å². The minimum Gasteiger partial charge on any atom is -0.484 e. The minimum atomic E-state index is -0.381. The number of hydrogen-bond acceptors (Lipinski definition) is 4. The minimum absolute atomic E-state index is 0.0559. The highest BCUT2D eigenvalue weighted by Gasteiger charge is 2.10. The number of carbonyl (C=O) groups is 1. The van der Waals surface area contributed by atoms with Crippen LogP contribution in [0.2, 0.25) is 0 Å². The van der Waals surface area contributed by atoms with Crippen molar-refractivity contribution in [1.82, 2.24) is 5.32 Å². The van der Waals surface area contributed by atoms with Gasteiger partial charge < -0.3 is 14.5 Å². The lowest BCUT2D eigenvalue weighted by Crippen LogP contribution is -2.29. The van der Waals surface area contributed by atoms with Crippen LogP contribution in [0.4, 0.5) is 0 Å². The maximum Gasteiger partial charge on any atom is 0.336 e. The van der Waals surface area contributed by atoms with Gasteiger partial charge in [0.05, 0.1) is 0 Å². The Morgan fingerprint density at radius 2 is 2.09 bits per heavy atom.